The Morgan fingerprint density at radius 3 is 2.50 bits per heavy atom. The Morgan fingerprint density at radius 1 is 1.07 bits per heavy atom. The molecule has 0 bridgehead atoms. The second kappa shape index (κ2) is 11.8. The van der Waals surface area contributed by atoms with Crippen LogP contribution >= 0.6 is 15.9 Å². The molecule has 2 aromatic carbocycles. The van der Waals surface area contributed by atoms with E-state index in [1.165, 1.54) is 23.1 Å². The van der Waals surface area contributed by atoms with Crippen LogP contribution in [0.2, 0.25) is 0 Å². The second-order valence-corrected chi connectivity index (χ2v) is 12.1. The lowest BCUT2D eigenvalue weighted by Gasteiger charge is -2.49. The summed E-state index contributed by atoms with van der Waals surface area (Å²) in [6.07, 6.45) is -2.25. The van der Waals surface area contributed by atoms with E-state index in [4.69, 9.17) is 0 Å². The molecule has 3 heterocycles. The van der Waals surface area contributed by atoms with Crippen LogP contribution in [0.25, 0.3) is 0 Å². The molecule has 0 N–H and O–H groups in total. The lowest BCUT2D eigenvalue weighted by molar-refractivity contribution is -0.137. The first-order chi connectivity index (χ1) is 19.0. The van der Waals surface area contributed by atoms with Gasteiger partial charge >= 0.3 is 6.18 Å². The smallest absolute Gasteiger partial charge is 0.341 e. The molecule has 216 valence electrons. The Kier molecular flexibility index (Phi) is 8.54. The number of amides is 2. The zero-order valence-corrected chi connectivity index (χ0v) is 23.9. The minimum absolute atomic E-state index is 0.0447. The number of carbonyl (C=O) groups excluding carboxylic acids is 2. The van der Waals surface area contributed by atoms with Gasteiger partial charge in [-0.15, -0.1) is 0 Å². The van der Waals surface area contributed by atoms with Gasteiger partial charge in [-0.2, -0.15) is 13.2 Å². The number of carbonyl (C=O) groups is 2. The van der Waals surface area contributed by atoms with Crippen molar-refractivity contribution >= 4 is 27.7 Å². The molecule has 2 atom stereocenters. The molecule has 3 aliphatic rings. The average molecular weight is 626 g/mol. The largest absolute Gasteiger partial charge is 0.416 e. The van der Waals surface area contributed by atoms with Gasteiger partial charge in [0.2, 0.25) is 5.91 Å². The van der Waals surface area contributed by atoms with Crippen molar-refractivity contribution in [2.45, 2.75) is 43.4 Å². The topological polar surface area (TPSA) is 47.1 Å². The van der Waals surface area contributed by atoms with Crippen molar-refractivity contribution in [3.05, 3.63) is 69.4 Å². The fraction of sp³-hybridized carbons (Fsp3) is 0.517. The SMILES string of the molecule is CN(C[C@@H](CCN1CC(N2CCN3C(=O)CC[C@H]3C2)C1)c1ccc(F)cc1)C(=O)c1cc(Br)cc(C(F)(F)F)c1. The van der Waals surface area contributed by atoms with Crippen LogP contribution in [0.5, 0.6) is 0 Å². The number of fused-ring (bicyclic) bond motifs is 1. The van der Waals surface area contributed by atoms with Crippen molar-refractivity contribution in [1.82, 2.24) is 19.6 Å². The van der Waals surface area contributed by atoms with Crippen LogP contribution in [-0.4, -0.2) is 96.4 Å². The van der Waals surface area contributed by atoms with Crippen molar-refractivity contribution in [3.8, 4) is 0 Å². The van der Waals surface area contributed by atoms with E-state index in [1.54, 1.807) is 19.2 Å². The maximum atomic E-state index is 13.6. The van der Waals surface area contributed by atoms with Crippen LogP contribution in [0.3, 0.4) is 0 Å². The Balaban J connectivity index is 1.20. The Bertz CT molecular complexity index is 1240. The van der Waals surface area contributed by atoms with E-state index in [9.17, 15) is 27.2 Å². The van der Waals surface area contributed by atoms with Gasteiger partial charge in [0.1, 0.15) is 5.82 Å². The predicted octanol–water partition coefficient (Wildman–Crippen LogP) is 4.84. The normalized spacial score (nSPS) is 21.3. The molecule has 0 radical (unpaired) electrons. The highest BCUT2D eigenvalue weighted by Gasteiger charge is 2.40. The molecule has 0 unspecified atom stereocenters. The molecule has 3 aliphatic heterocycles. The molecule has 6 nitrogen and oxygen atoms in total. The summed E-state index contributed by atoms with van der Waals surface area (Å²) < 4.78 is 53.8. The Morgan fingerprint density at radius 2 is 1.80 bits per heavy atom. The number of likely N-dealkylation sites (N-methyl/N-ethyl adjacent to an activating group) is 1. The second-order valence-electron chi connectivity index (χ2n) is 11.1. The van der Waals surface area contributed by atoms with Gasteiger partial charge in [-0.25, -0.2) is 4.39 Å². The van der Waals surface area contributed by atoms with E-state index in [1.807, 2.05) is 4.90 Å². The summed E-state index contributed by atoms with van der Waals surface area (Å²) in [5, 5.41) is 0. The predicted molar refractivity (Wildman–Crippen MR) is 146 cm³/mol. The molecular formula is C29H33BrF4N4O2. The first-order valence-electron chi connectivity index (χ1n) is 13.6. The van der Waals surface area contributed by atoms with Crippen LogP contribution in [0.15, 0.2) is 46.9 Å². The van der Waals surface area contributed by atoms with E-state index < -0.39 is 17.6 Å². The fourth-order valence-corrected chi connectivity index (χ4v) is 6.62. The maximum absolute atomic E-state index is 13.6. The molecular weight excluding hydrogens is 592 g/mol. The summed E-state index contributed by atoms with van der Waals surface area (Å²) in [5.41, 5.74) is -0.0518. The quantitative estimate of drug-likeness (QED) is 0.394. The van der Waals surface area contributed by atoms with E-state index in [2.05, 4.69) is 25.7 Å². The third-order valence-corrected chi connectivity index (χ3v) is 8.89. The van der Waals surface area contributed by atoms with E-state index in [0.717, 1.165) is 63.4 Å². The number of alkyl halides is 3. The molecule has 5 rings (SSSR count). The van der Waals surface area contributed by atoms with Crippen molar-refractivity contribution in [1.29, 1.82) is 0 Å². The first kappa shape index (κ1) is 29.0. The summed E-state index contributed by atoms with van der Waals surface area (Å²) in [4.78, 5) is 33.5. The van der Waals surface area contributed by atoms with Crippen LogP contribution in [0.4, 0.5) is 17.6 Å². The van der Waals surface area contributed by atoms with Gasteiger partial charge in [-0.3, -0.25) is 14.5 Å². The molecule has 2 amide bonds. The van der Waals surface area contributed by atoms with Crippen molar-refractivity contribution in [3.63, 3.8) is 0 Å². The third-order valence-electron chi connectivity index (χ3n) is 8.43. The van der Waals surface area contributed by atoms with E-state index >= 15 is 0 Å². The lowest BCUT2D eigenvalue weighted by atomic mass is 9.93. The summed E-state index contributed by atoms with van der Waals surface area (Å²) in [6, 6.07) is 10.2. The summed E-state index contributed by atoms with van der Waals surface area (Å²) in [7, 11) is 1.58. The number of hydrogen-bond acceptors (Lipinski definition) is 4. The third kappa shape index (κ3) is 6.52. The molecule has 0 aromatic heterocycles. The first-order valence-corrected chi connectivity index (χ1v) is 14.4. The van der Waals surface area contributed by atoms with Crippen LogP contribution in [-0.2, 0) is 11.0 Å². The van der Waals surface area contributed by atoms with Gasteiger partial charge in [0.25, 0.3) is 5.91 Å². The lowest BCUT2D eigenvalue weighted by Crippen LogP contribution is -2.64. The highest BCUT2D eigenvalue weighted by Crippen LogP contribution is 2.33. The Hall–Kier alpha value is -2.50. The molecule has 11 heteroatoms. The molecule has 40 heavy (non-hydrogen) atoms. The van der Waals surface area contributed by atoms with Gasteiger partial charge in [0.15, 0.2) is 0 Å². The number of likely N-dealkylation sites (tertiary alicyclic amines) is 1. The molecule has 3 fully saturated rings. The monoisotopic (exact) mass is 624 g/mol. The van der Waals surface area contributed by atoms with Gasteiger partial charge in [-0.05, 0) is 55.3 Å². The minimum atomic E-state index is -4.56. The van der Waals surface area contributed by atoms with E-state index in [0.29, 0.717) is 24.9 Å². The zero-order chi connectivity index (χ0) is 28.6. The fourth-order valence-electron chi connectivity index (χ4n) is 6.12. The van der Waals surface area contributed by atoms with Crippen LogP contribution < -0.4 is 0 Å². The van der Waals surface area contributed by atoms with Crippen LogP contribution in [0, 0.1) is 5.82 Å². The molecule has 2 aromatic rings. The average Bonchev–Trinajstić information content (AvgIpc) is 3.26. The summed E-state index contributed by atoms with van der Waals surface area (Å²) in [6.45, 7) is 5.58. The van der Waals surface area contributed by atoms with Gasteiger partial charge in [0.05, 0.1) is 5.56 Å². The molecule has 0 saturated carbocycles. The zero-order valence-electron chi connectivity index (χ0n) is 22.3. The number of piperazine rings is 1. The number of rotatable bonds is 8. The van der Waals surface area contributed by atoms with Gasteiger partial charge in [-0.1, -0.05) is 28.1 Å². The van der Waals surface area contributed by atoms with Crippen LogP contribution in [0.1, 0.15) is 46.7 Å². The highest BCUT2D eigenvalue weighted by atomic mass is 79.9. The Labute approximate surface area is 240 Å². The molecule has 3 saturated heterocycles. The number of benzene rings is 2. The standard InChI is InChI=1S/C29H33BrF4N4O2/c1-35(28(40)21-12-22(29(32,33)34)14-23(30)13-21)15-20(19-2-4-24(31)5-3-19)8-9-36-16-26(17-36)37-10-11-38-25(18-37)6-7-27(38)39/h2-5,12-14,20,25-26H,6-11,15-18H2,1H3/t20-,25+/m1/s1. The van der Waals surface area contributed by atoms with Gasteiger partial charge in [0, 0.05) is 80.8 Å². The number of hydrogen-bond donors (Lipinski definition) is 0. The van der Waals surface area contributed by atoms with Crippen molar-refractivity contribution in [2.24, 2.45) is 0 Å². The minimum Gasteiger partial charge on any atom is -0.341 e. The highest BCUT2D eigenvalue weighted by molar-refractivity contribution is 9.10. The summed E-state index contributed by atoms with van der Waals surface area (Å²) in [5.74, 6) is -0.699. The van der Waals surface area contributed by atoms with Gasteiger partial charge < -0.3 is 14.7 Å². The maximum Gasteiger partial charge on any atom is 0.416 e. The molecule has 0 spiro atoms. The summed E-state index contributed by atoms with van der Waals surface area (Å²) >= 11 is 3.09. The number of halogens is 5. The molecule has 0 aliphatic carbocycles. The van der Waals surface area contributed by atoms with Crippen molar-refractivity contribution in [2.75, 3.05) is 52.9 Å². The van der Waals surface area contributed by atoms with E-state index in [-0.39, 0.29) is 34.2 Å². The van der Waals surface area contributed by atoms with Crippen molar-refractivity contribution < 1.29 is 27.2 Å². The number of nitrogens with zero attached hydrogens (tertiary/aromatic N) is 4.